The maximum absolute atomic E-state index is 13.4. The SMILES string of the molecule is COc1c(F)cc(C#N)cc1C(=O)CBr. The van der Waals surface area contributed by atoms with Gasteiger partial charge in [0, 0.05) is 0 Å². The number of Topliss-reactive ketones (excluding diaryl/α,β-unsaturated/α-hetero) is 1. The first kappa shape index (κ1) is 11.7. The number of ether oxygens (including phenoxy) is 1. The van der Waals surface area contributed by atoms with Crippen molar-refractivity contribution in [2.24, 2.45) is 0 Å². The maximum Gasteiger partial charge on any atom is 0.177 e. The summed E-state index contributed by atoms with van der Waals surface area (Å²) in [4.78, 5) is 11.4. The average Bonchev–Trinajstić information content (AvgIpc) is 2.26. The second-order valence-electron chi connectivity index (χ2n) is 2.71. The molecular weight excluding hydrogens is 265 g/mol. The first-order valence-electron chi connectivity index (χ1n) is 4.00. The molecule has 0 aliphatic rings. The zero-order valence-corrected chi connectivity index (χ0v) is 9.47. The summed E-state index contributed by atoms with van der Waals surface area (Å²) in [5.74, 6) is -1.16. The van der Waals surface area contributed by atoms with Gasteiger partial charge in [0.15, 0.2) is 17.3 Å². The van der Waals surface area contributed by atoms with Gasteiger partial charge in [-0.3, -0.25) is 4.79 Å². The fourth-order valence-corrected chi connectivity index (χ4v) is 1.45. The van der Waals surface area contributed by atoms with Crippen LogP contribution in [0.4, 0.5) is 4.39 Å². The highest BCUT2D eigenvalue weighted by Crippen LogP contribution is 2.25. The summed E-state index contributed by atoms with van der Waals surface area (Å²) in [6.07, 6.45) is 0. The molecule has 0 unspecified atom stereocenters. The summed E-state index contributed by atoms with van der Waals surface area (Å²) in [7, 11) is 1.27. The molecule has 0 aromatic heterocycles. The second-order valence-corrected chi connectivity index (χ2v) is 3.27. The molecule has 1 aromatic carbocycles. The molecule has 0 bridgehead atoms. The number of nitriles is 1. The molecule has 78 valence electrons. The number of nitrogens with zero attached hydrogens (tertiary/aromatic N) is 1. The lowest BCUT2D eigenvalue weighted by atomic mass is 10.1. The molecule has 0 spiro atoms. The molecule has 0 amide bonds. The van der Waals surface area contributed by atoms with E-state index in [4.69, 9.17) is 10.00 Å². The van der Waals surface area contributed by atoms with Gasteiger partial charge in [-0.1, -0.05) is 15.9 Å². The number of rotatable bonds is 3. The van der Waals surface area contributed by atoms with Crippen LogP contribution in [0.3, 0.4) is 0 Å². The Labute approximate surface area is 94.6 Å². The summed E-state index contributed by atoms with van der Waals surface area (Å²) in [5.41, 5.74) is 0.170. The Kier molecular flexibility index (Phi) is 3.81. The number of alkyl halides is 1. The van der Waals surface area contributed by atoms with Crippen molar-refractivity contribution in [2.75, 3.05) is 12.4 Å². The third-order valence-electron chi connectivity index (χ3n) is 1.80. The molecule has 15 heavy (non-hydrogen) atoms. The third-order valence-corrected chi connectivity index (χ3v) is 2.31. The Morgan fingerprint density at radius 1 is 1.67 bits per heavy atom. The number of carbonyl (C=O) groups excluding carboxylic acids is 1. The standard InChI is InChI=1S/C10H7BrFNO2/c1-15-10-7(9(14)4-11)2-6(5-13)3-8(10)12/h2-3H,4H2,1H3. The zero-order valence-electron chi connectivity index (χ0n) is 7.88. The Morgan fingerprint density at radius 3 is 2.80 bits per heavy atom. The normalized spacial score (nSPS) is 9.47. The van der Waals surface area contributed by atoms with Crippen LogP contribution in [-0.2, 0) is 0 Å². The van der Waals surface area contributed by atoms with Crippen LogP contribution < -0.4 is 4.74 Å². The summed E-state index contributed by atoms with van der Waals surface area (Å²) in [6, 6.07) is 4.12. The number of carbonyl (C=O) groups is 1. The first-order valence-corrected chi connectivity index (χ1v) is 5.13. The number of benzene rings is 1. The van der Waals surface area contributed by atoms with Gasteiger partial charge in [0.25, 0.3) is 0 Å². The summed E-state index contributed by atoms with van der Waals surface area (Å²) < 4.78 is 18.1. The predicted octanol–water partition coefficient (Wildman–Crippen LogP) is 2.28. The highest BCUT2D eigenvalue weighted by Gasteiger charge is 2.16. The minimum atomic E-state index is -0.708. The van der Waals surface area contributed by atoms with Crippen LogP contribution in [0.1, 0.15) is 15.9 Å². The minimum absolute atomic E-state index is 0.0533. The maximum atomic E-state index is 13.4. The molecule has 0 aliphatic carbocycles. The molecule has 0 saturated carbocycles. The lowest BCUT2D eigenvalue weighted by molar-refractivity contribution is 0.102. The molecule has 0 radical (unpaired) electrons. The zero-order chi connectivity index (χ0) is 11.4. The third kappa shape index (κ3) is 2.34. The topological polar surface area (TPSA) is 50.1 Å². The van der Waals surface area contributed by atoms with Gasteiger partial charge in [0.2, 0.25) is 0 Å². The molecular formula is C10H7BrFNO2. The van der Waals surface area contributed by atoms with E-state index in [9.17, 15) is 9.18 Å². The van der Waals surface area contributed by atoms with Crippen molar-refractivity contribution in [3.8, 4) is 11.8 Å². The molecule has 0 N–H and O–H groups in total. The first-order chi connectivity index (χ1) is 7.13. The summed E-state index contributed by atoms with van der Waals surface area (Å²) in [5, 5.41) is 8.68. The number of halogens is 2. The van der Waals surface area contributed by atoms with E-state index >= 15 is 0 Å². The van der Waals surface area contributed by atoms with Crippen molar-refractivity contribution in [3.63, 3.8) is 0 Å². The minimum Gasteiger partial charge on any atom is -0.493 e. The molecule has 0 atom stereocenters. The van der Waals surface area contributed by atoms with E-state index in [0.717, 1.165) is 6.07 Å². The average molecular weight is 272 g/mol. The van der Waals surface area contributed by atoms with E-state index < -0.39 is 5.82 Å². The van der Waals surface area contributed by atoms with Gasteiger partial charge in [-0.05, 0) is 12.1 Å². The summed E-state index contributed by atoms with van der Waals surface area (Å²) >= 11 is 2.98. The Bertz CT molecular complexity index is 440. The van der Waals surface area contributed by atoms with Crippen LogP contribution in [0, 0.1) is 17.1 Å². The highest BCUT2D eigenvalue weighted by molar-refractivity contribution is 9.09. The van der Waals surface area contributed by atoms with E-state index in [0.29, 0.717) is 0 Å². The van der Waals surface area contributed by atoms with Crippen molar-refractivity contribution < 1.29 is 13.9 Å². The largest absolute Gasteiger partial charge is 0.493 e. The number of hydrogen-bond donors (Lipinski definition) is 0. The molecule has 1 aromatic rings. The van der Waals surface area contributed by atoms with E-state index in [1.165, 1.54) is 13.2 Å². The van der Waals surface area contributed by atoms with Crippen molar-refractivity contribution in [1.29, 1.82) is 5.26 Å². The smallest absolute Gasteiger partial charge is 0.177 e. The van der Waals surface area contributed by atoms with Gasteiger partial charge in [-0.25, -0.2) is 4.39 Å². The Morgan fingerprint density at radius 2 is 2.33 bits per heavy atom. The molecule has 0 saturated heterocycles. The van der Waals surface area contributed by atoms with Crippen molar-refractivity contribution >= 4 is 21.7 Å². The van der Waals surface area contributed by atoms with Crippen LogP contribution in [0.2, 0.25) is 0 Å². The molecule has 5 heteroatoms. The van der Waals surface area contributed by atoms with Gasteiger partial charge < -0.3 is 4.74 Å². The number of ketones is 1. The van der Waals surface area contributed by atoms with E-state index in [1.54, 1.807) is 6.07 Å². The molecule has 0 fully saturated rings. The van der Waals surface area contributed by atoms with Crippen molar-refractivity contribution in [1.82, 2.24) is 0 Å². The fraction of sp³-hybridized carbons (Fsp3) is 0.200. The molecule has 3 nitrogen and oxygen atoms in total. The lowest BCUT2D eigenvalue weighted by Gasteiger charge is -2.07. The van der Waals surface area contributed by atoms with Crippen LogP contribution in [0.15, 0.2) is 12.1 Å². The number of methoxy groups -OCH3 is 1. The van der Waals surface area contributed by atoms with Crippen molar-refractivity contribution in [2.45, 2.75) is 0 Å². The van der Waals surface area contributed by atoms with Gasteiger partial charge in [0.1, 0.15) is 0 Å². The van der Waals surface area contributed by atoms with Gasteiger partial charge in [-0.2, -0.15) is 5.26 Å². The van der Waals surface area contributed by atoms with Gasteiger partial charge >= 0.3 is 0 Å². The molecule has 1 rings (SSSR count). The molecule has 0 aliphatic heterocycles. The fourth-order valence-electron chi connectivity index (χ4n) is 1.14. The Hall–Kier alpha value is -1.41. The van der Waals surface area contributed by atoms with E-state index in [2.05, 4.69) is 15.9 Å². The highest BCUT2D eigenvalue weighted by atomic mass is 79.9. The predicted molar refractivity (Wildman–Crippen MR) is 55.8 cm³/mol. The van der Waals surface area contributed by atoms with Gasteiger partial charge in [0.05, 0.1) is 29.6 Å². The lowest BCUT2D eigenvalue weighted by Crippen LogP contribution is -2.05. The number of hydrogen-bond acceptors (Lipinski definition) is 3. The van der Waals surface area contributed by atoms with E-state index in [-0.39, 0.29) is 28.0 Å². The van der Waals surface area contributed by atoms with Crippen LogP contribution >= 0.6 is 15.9 Å². The van der Waals surface area contributed by atoms with Crippen molar-refractivity contribution in [3.05, 3.63) is 29.1 Å². The Balaban J connectivity index is 3.40. The second kappa shape index (κ2) is 4.89. The van der Waals surface area contributed by atoms with Crippen LogP contribution in [0.25, 0.3) is 0 Å². The van der Waals surface area contributed by atoms with E-state index in [1.807, 2.05) is 0 Å². The van der Waals surface area contributed by atoms with Crippen LogP contribution in [-0.4, -0.2) is 18.2 Å². The van der Waals surface area contributed by atoms with Gasteiger partial charge in [-0.15, -0.1) is 0 Å². The molecule has 0 heterocycles. The quantitative estimate of drug-likeness (QED) is 0.626. The summed E-state index contributed by atoms with van der Waals surface area (Å²) in [6.45, 7) is 0. The monoisotopic (exact) mass is 271 g/mol. The van der Waals surface area contributed by atoms with Crippen LogP contribution in [0.5, 0.6) is 5.75 Å².